The van der Waals surface area contributed by atoms with E-state index < -0.39 is 17.4 Å². The van der Waals surface area contributed by atoms with Crippen LogP contribution in [0.4, 0.5) is 13.2 Å². The second-order valence-electron chi connectivity index (χ2n) is 5.95. The molecule has 3 heterocycles. The number of carbonyl (C=O) groups is 1. The number of benzene rings is 1. The third kappa shape index (κ3) is 3.33. The summed E-state index contributed by atoms with van der Waals surface area (Å²) in [5, 5.41) is 1.94. The molecule has 0 amide bonds. The topological polar surface area (TPSA) is 80.6 Å². The zero-order chi connectivity index (χ0) is 19.9. The van der Waals surface area contributed by atoms with Crippen LogP contribution in [0.15, 0.2) is 52.9 Å². The van der Waals surface area contributed by atoms with Crippen molar-refractivity contribution in [2.45, 2.75) is 12.7 Å². The SMILES string of the molecule is O=C(Cn1c(=O)[nH]c2cc(-c3cccc(C(F)(F)F)c3)cnc21)c1nccs1. The van der Waals surface area contributed by atoms with Gasteiger partial charge in [-0.1, -0.05) is 12.1 Å². The van der Waals surface area contributed by atoms with E-state index in [-0.39, 0.29) is 23.0 Å². The van der Waals surface area contributed by atoms with E-state index in [1.807, 2.05) is 0 Å². The number of nitrogens with one attached hydrogen (secondary N) is 1. The summed E-state index contributed by atoms with van der Waals surface area (Å²) in [7, 11) is 0. The quantitative estimate of drug-likeness (QED) is 0.526. The molecular weight excluding hydrogens is 393 g/mol. The van der Waals surface area contributed by atoms with Crippen molar-refractivity contribution in [1.82, 2.24) is 19.5 Å². The second kappa shape index (κ2) is 6.71. The number of aromatic nitrogens is 4. The van der Waals surface area contributed by atoms with Gasteiger partial charge < -0.3 is 4.98 Å². The molecule has 0 aliphatic rings. The van der Waals surface area contributed by atoms with Gasteiger partial charge in [0.25, 0.3) is 0 Å². The first kappa shape index (κ1) is 18.1. The van der Waals surface area contributed by atoms with E-state index in [0.29, 0.717) is 16.6 Å². The van der Waals surface area contributed by atoms with Crippen LogP contribution in [-0.4, -0.2) is 25.3 Å². The van der Waals surface area contributed by atoms with E-state index in [9.17, 15) is 22.8 Å². The van der Waals surface area contributed by atoms with Crippen LogP contribution >= 0.6 is 11.3 Å². The molecule has 142 valence electrons. The minimum absolute atomic E-state index is 0.234. The number of alkyl halides is 3. The summed E-state index contributed by atoms with van der Waals surface area (Å²) in [5.74, 6) is -0.332. The van der Waals surface area contributed by atoms with Crippen LogP contribution in [0.1, 0.15) is 15.4 Å². The van der Waals surface area contributed by atoms with Crippen LogP contribution in [-0.2, 0) is 12.7 Å². The maximum Gasteiger partial charge on any atom is 0.416 e. The largest absolute Gasteiger partial charge is 0.416 e. The van der Waals surface area contributed by atoms with Gasteiger partial charge in [0, 0.05) is 23.3 Å². The molecule has 28 heavy (non-hydrogen) atoms. The van der Waals surface area contributed by atoms with Gasteiger partial charge in [-0.2, -0.15) is 13.2 Å². The fraction of sp³-hybridized carbons (Fsp3) is 0.111. The highest BCUT2D eigenvalue weighted by molar-refractivity contribution is 7.11. The molecule has 0 aliphatic carbocycles. The van der Waals surface area contributed by atoms with Crippen molar-refractivity contribution in [3.05, 3.63) is 69.2 Å². The summed E-state index contributed by atoms with van der Waals surface area (Å²) in [6, 6.07) is 6.37. The van der Waals surface area contributed by atoms with Gasteiger partial charge in [0.2, 0.25) is 5.78 Å². The molecular formula is C18H11F3N4O2S. The van der Waals surface area contributed by atoms with E-state index in [1.165, 1.54) is 46.5 Å². The van der Waals surface area contributed by atoms with E-state index in [2.05, 4.69) is 15.0 Å². The summed E-state index contributed by atoms with van der Waals surface area (Å²) in [6.45, 7) is -0.234. The van der Waals surface area contributed by atoms with Crippen molar-refractivity contribution in [1.29, 1.82) is 0 Å². The Morgan fingerprint density at radius 1 is 1.18 bits per heavy atom. The first-order valence-electron chi connectivity index (χ1n) is 8.02. The van der Waals surface area contributed by atoms with Crippen molar-refractivity contribution in [3.63, 3.8) is 0 Å². The van der Waals surface area contributed by atoms with Crippen molar-refractivity contribution < 1.29 is 18.0 Å². The number of aromatic amines is 1. The Morgan fingerprint density at radius 2 is 2.00 bits per heavy atom. The number of H-pyrrole nitrogens is 1. The first-order valence-corrected chi connectivity index (χ1v) is 8.90. The molecule has 0 unspecified atom stereocenters. The number of hydrogen-bond acceptors (Lipinski definition) is 5. The molecule has 0 fully saturated rings. The molecule has 0 saturated heterocycles. The normalized spacial score (nSPS) is 11.8. The molecule has 1 aromatic carbocycles. The van der Waals surface area contributed by atoms with Gasteiger partial charge in [0.05, 0.1) is 17.6 Å². The number of thiazole rings is 1. The monoisotopic (exact) mass is 404 g/mol. The molecule has 6 nitrogen and oxygen atoms in total. The lowest BCUT2D eigenvalue weighted by molar-refractivity contribution is -0.137. The summed E-state index contributed by atoms with van der Waals surface area (Å²) < 4.78 is 40.0. The Bertz CT molecular complexity index is 1230. The molecule has 1 N–H and O–H groups in total. The average molecular weight is 404 g/mol. The highest BCUT2D eigenvalue weighted by Crippen LogP contribution is 2.32. The smallest absolute Gasteiger partial charge is 0.304 e. The molecule has 4 aromatic rings. The second-order valence-corrected chi connectivity index (χ2v) is 6.85. The maximum absolute atomic E-state index is 12.9. The van der Waals surface area contributed by atoms with Gasteiger partial charge in [-0.3, -0.25) is 9.36 Å². The summed E-state index contributed by atoms with van der Waals surface area (Å²) >= 11 is 1.17. The number of ketones is 1. The molecule has 0 radical (unpaired) electrons. The van der Waals surface area contributed by atoms with E-state index in [1.54, 1.807) is 5.38 Å². The lowest BCUT2D eigenvalue weighted by Gasteiger charge is -2.09. The molecule has 0 atom stereocenters. The highest BCUT2D eigenvalue weighted by atomic mass is 32.1. The van der Waals surface area contributed by atoms with Crippen molar-refractivity contribution in [3.8, 4) is 11.1 Å². The predicted molar refractivity (Wildman–Crippen MR) is 97.2 cm³/mol. The van der Waals surface area contributed by atoms with Gasteiger partial charge in [-0.15, -0.1) is 11.3 Å². The number of rotatable bonds is 4. The molecule has 0 saturated carbocycles. The highest BCUT2D eigenvalue weighted by Gasteiger charge is 2.30. The molecule has 3 aromatic heterocycles. The minimum atomic E-state index is -4.46. The van der Waals surface area contributed by atoms with E-state index in [0.717, 1.165) is 12.1 Å². The Labute approximate surface area is 159 Å². The zero-order valence-corrected chi connectivity index (χ0v) is 14.8. The summed E-state index contributed by atoms with van der Waals surface area (Å²) in [4.78, 5) is 35.1. The summed E-state index contributed by atoms with van der Waals surface area (Å²) in [6.07, 6.45) is -1.59. The molecule has 0 aliphatic heterocycles. The molecule has 0 spiro atoms. The first-order chi connectivity index (χ1) is 13.3. The number of imidazole rings is 1. The maximum atomic E-state index is 12.9. The van der Waals surface area contributed by atoms with Gasteiger partial charge in [-0.05, 0) is 23.8 Å². The van der Waals surface area contributed by atoms with E-state index in [4.69, 9.17) is 0 Å². The fourth-order valence-electron chi connectivity index (χ4n) is 2.80. The van der Waals surface area contributed by atoms with Crippen LogP contribution in [0.25, 0.3) is 22.3 Å². The number of pyridine rings is 1. The molecule has 10 heteroatoms. The third-order valence-electron chi connectivity index (χ3n) is 4.10. The van der Waals surface area contributed by atoms with Gasteiger partial charge in [0.15, 0.2) is 10.7 Å². The number of carbonyl (C=O) groups excluding carboxylic acids is 1. The average Bonchev–Trinajstić information content (AvgIpc) is 3.29. The van der Waals surface area contributed by atoms with Gasteiger partial charge >= 0.3 is 11.9 Å². The Kier molecular flexibility index (Phi) is 4.34. The Hall–Kier alpha value is -3.27. The predicted octanol–water partition coefficient (Wildman–Crippen LogP) is 3.75. The van der Waals surface area contributed by atoms with Crippen LogP contribution < -0.4 is 5.69 Å². The lowest BCUT2D eigenvalue weighted by Crippen LogP contribution is -2.22. The van der Waals surface area contributed by atoms with Crippen LogP contribution in [0.5, 0.6) is 0 Å². The summed E-state index contributed by atoms with van der Waals surface area (Å²) in [5.41, 5.74) is -0.00813. The number of fused-ring (bicyclic) bond motifs is 1. The Balaban J connectivity index is 1.72. The standard InChI is InChI=1S/C18H11F3N4O2S/c19-18(20,21)12-3-1-2-10(6-12)11-7-13-15(23-8-11)25(17(27)24-13)9-14(26)16-22-4-5-28-16/h1-8H,9H2,(H,24,27). The van der Waals surface area contributed by atoms with Crippen LogP contribution in [0.2, 0.25) is 0 Å². The van der Waals surface area contributed by atoms with Gasteiger partial charge in [-0.25, -0.2) is 14.8 Å². The number of nitrogens with zero attached hydrogens (tertiary/aromatic N) is 3. The van der Waals surface area contributed by atoms with Gasteiger partial charge in [0.1, 0.15) is 0 Å². The molecule has 4 rings (SSSR count). The minimum Gasteiger partial charge on any atom is -0.304 e. The van der Waals surface area contributed by atoms with Crippen LogP contribution in [0, 0.1) is 0 Å². The van der Waals surface area contributed by atoms with Crippen molar-refractivity contribution in [2.24, 2.45) is 0 Å². The number of hydrogen-bond donors (Lipinski definition) is 1. The Morgan fingerprint density at radius 3 is 2.71 bits per heavy atom. The third-order valence-corrected chi connectivity index (χ3v) is 4.92. The van der Waals surface area contributed by atoms with E-state index >= 15 is 0 Å². The van der Waals surface area contributed by atoms with Crippen LogP contribution in [0.3, 0.4) is 0 Å². The zero-order valence-electron chi connectivity index (χ0n) is 14.0. The number of halogens is 3. The van der Waals surface area contributed by atoms with Crippen molar-refractivity contribution in [2.75, 3.05) is 0 Å². The lowest BCUT2D eigenvalue weighted by atomic mass is 10.0. The number of Topliss-reactive ketones (excluding diaryl/α,β-unsaturated/α-hetero) is 1. The van der Waals surface area contributed by atoms with Crippen molar-refractivity contribution >= 4 is 28.3 Å². The molecule has 0 bridgehead atoms. The fourth-order valence-corrected chi connectivity index (χ4v) is 3.36.